The molecule has 100 valence electrons. The van der Waals surface area contributed by atoms with E-state index in [1.807, 2.05) is 0 Å². The van der Waals surface area contributed by atoms with Gasteiger partial charge in [0.1, 0.15) is 5.75 Å². The van der Waals surface area contributed by atoms with Crippen molar-refractivity contribution in [3.63, 3.8) is 0 Å². The number of rotatable bonds is 4. The van der Waals surface area contributed by atoms with Gasteiger partial charge in [-0.2, -0.15) is 0 Å². The van der Waals surface area contributed by atoms with E-state index >= 15 is 0 Å². The largest absolute Gasteiger partial charge is 0.492 e. The monoisotopic (exact) mass is 262 g/mol. The van der Waals surface area contributed by atoms with Crippen LogP contribution in [0, 0.1) is 10.1 Å². The molecule has 0 radical (unpaired) electrons. The van der Waals surface area contributed by atoms with Gasteiger partial charge in [0.15, 0.2) is 5.78 Å². The van der Waals surface area contributed by atoms with Crippen molar-refractivity contribution < 1.29 is 14.5 Å². The van der Waals surface area contributed by atoms with Gasteiger partial charge in [-0.1, -0.05) is 0 Å². The Bertz CT molecular complexity index is 564. The van der Waals surface area contributed by atoms with E-state index in [9.17, 15) is 14.9 Å². The van der Waals surface area contributed by atoms with Gasteiger partial charge in [-0.15, -0.1) is 0 Å². The smallest absolute Gasteiger partial charge is 0.270 e. The molecule has 0 bridgehead atoms. The molecule has 6 nitrogen and oxygen atoms in total. The van der Waals surface area contributed by atoms with Crippen molar-refractivity contribution in [2.45, 2.75) is 6.42 Å². The average molecular weight is 262 g/mol. The summed E-state index contributed by atoms with van der Waals surface area (Å²) < 4.78 is 5.40. The second-order valence-electron chi connectivity index (χ2n) is 4.48. The van der Waals surface area contributed by atoms with Crippen LogP contribution in [0.2, 0.25) is 0 Å². The molecule has 0 spiro atoms. The van der Waals surface area contributed by atoms with E-state index in [0.717, 1.165) is 5.56 Å². The second-order valence-corrected chi connectivity index (χ2v) is 4.48. The number of allylic oxidation sites excluding steroid dienone is 1. The summed E-state index contributed by atoms with van der Waals surface area (Å²) in [4.78, 5) is 24.2. The van der Waals surface area contributed by atoms with Crippen LogP contribution >= 0.6 is 0 Å². The summed E-state index contributed by atoms with van der Waals surface area (Å²) in [6, 6.07) is 2.74. The predicted molar refractivity (Wildman–Crippen MR) is 69.5 cm³/mol. The van der Waals surface area contributed by atoms with Crippen molar-refractivity contribution in [2.24, 2.45) is 0 Å². The molecule has 19 heavy (non-hydrogen) atoms. The van der Waals surface area contributed by atoms with Gasteiger partial charge in [0.25, 0.3) is 5.69 Å². The molecule has 1 aliphatic rings. The molecule has 0 aliphatic carbocycles. The number of ketones is 1. The Labute approximate surface area is 110 Å². The van der Waals surface area contributed by atoms with Gasteiger partial charge in [-0.25, -0.2) is 0 Å². The highest BCUT2D eigenvalue weighted by Crippen LogP contribution is 2.34. The maximum absolute atomic E-state index is 12.1. The molecule has 0 atom stereocenters. The molecule has 0 unspecified atom stereocenters. The van der Waals surface area contributed by atoms with Crippen molar-refractivity contribution in [1.82, 2.24) is 4.90 Å². The maximum atomic E-state index is 12.1. The number of hydrogen-bond acceptors (Lipinski definition) is 5. The standard InChI is InChI=1S/C13H14N2O4/c1-14(2)5-3-12(16)11-8-10(15(17)18)7-9-4-6-19-13(9)11/h3,5,7-8H,4,6H2,1-2H3. The summed E-state index contributed by atoms with van der Waals surface area (Å²) in [6.45, 7) is 0.453. The minimum Gasteiger partial charge on any atom is -0.492 e. The summed E-state index contributed by atoms with van der Waals surface area (Å²) in [5.74, 6) is 0.176. The Kier molecular flexibility index (Phi) is 3.50. The highest BCUT2D eigenvalue weighted by atomic mass is 16.6. The van der Waals surface area contributed by atoms with E-state index in [0.29, 0.717) is 18.8 Å². The number of fused-ring (bicyclic) bond motifs is 1. The summed E-state index contributed by atoms with van der Waals surface area (Å²) in [7, 11) is 3.58. The first-order valence-electron chi connectivity index (χ1n) is 5.82. The SMILES string of the molecule is CN(C)C=CC(=O)c1cc([N+](=O)[O-])cc2c1OCC2. The zero-order valence-electron chi connectivity index (χ0n) is 10.8. The molecule has 1 aromatic rings. The minimum atomic E-state index is -0.495. The molecule has 0 saturated heterocycles. The number of nitrogens with zero attached hydrogens (tertiary/aromatic N) is 2. The van der Waals surface area contributed by atoms with Crippen molar-refractivity contribution in [2.75, 3.05) is 20.7 Å². The van der Waals surface area contributed by atoms with Crippen molar-refractivity contribution in [3.8, 4) is 5.75 Å². The van der Waals surface area contributed by atoms with Crippen LogP contribution in [0.4, 0.5) is 5.69 Å². The van der Waals surface area contributed by atoms with Gasteiger partial charge >= 0.3 is 0 Å². The fourth-order valence-electron chi connectivity index (χ4n) is 1.89. The van der Waals surface area contributed by atoms with Crippen molar-refractivity contribution >= 4 is 11.5 Å². The van der Waals surface area contributed by atoms with Crippen LogP contribution in [0.5, 0.6) is 5.75 Å². The molecule has 2 rings (SSSR count). The number of nitro groups is 1. The molecule has 1 aliphatic heterocycles. The van der Waals surface area contributed by atoms with E-state index < -0.39 is 4.92 Å². The Hall–Kier alpha value is -2.37. The number of ether oxygens (including phenoxy) is 1. The van der Waals surface area contributed by atoms with Gasteiger partial charge in [0, 0.05) is 50.5 Å². The van der Waals surface area contributed by atoms with Crippen LogP contribution in [0.3, 0.4) is 0 Å². The third-order valence-electron chi connectivity index (χ3n) is 2.77. The fraction of sp³-hybridized carbons (Fsp3) is 0.308. The Morgan fingerprint density at radius 1 is 1.47 bits per heavy atom. The summed E-state index contributed by atoms with van der Waals surface area (Å²) in [6.07, 6.45) is 3.57. The third-order valence-corrected chi connectivity index (χ3v) is 2.77. The molecule has 6 heteroatoms. The van der Waals surface area contributed by atoms with Crippen LogP contribution in [0.15, 0.2) is 24.4 Å². The van der Waals surface area contributed by atoms with Crippen LogP contribution < -0.4 is 4.74 Å². The van der Waals surface area contributed by atoms with Crippen molar-refractivity contribution in [3.05, 3.63) is 45.6 Å². The number of carbonyl (C=O) groups is 1. The Balaban J connectivity index is 2.44. The number of carbonyl (C=O) groups excluding carboxylic acids is 1. The fourth-order valence-corrected chi connectivity index (χ4v) is 1.89. The lowest BCUT2D eigenvalue weighted by Gasteiger charge is -2.06. The Morgan fingerprint density at radius 2 is 2.21 bits per heavy atom. The van der Waals surface area contributed by atoms with E-state index in [4.69, 9.17) is 4.74 Å². The predicted octanol–water partition coefficient (Wildman–Crippen LogP) is 1.79. The summed E-state index contributed by atoms with van der Waals surface area (Å²) in [5.41, 5.74) is 0.890. The molecule has 0 N–H and O–H groups in total. The van der Waals surface area contributed by atoms with Crippen molar-refractivity contribution in [1.29, 1.82) is 0 Å². The Morgan fingerprint density at radius 3 is 2.84 bits per heavy atom. The number of hydrogen-bond donors (Lipinski definition) is 0. The first-order valence-corrected chi connectivity index (χ1v) is 5.82. The highest BCUT2D eigenvalue weighted by molar-refractivity contribution is 6.07. The lowest BCUT2D eigenvalue weighted by atomic mass is 10.0. The quantitative estimate of drug-likeness (QED) is 0.358. The van der Waals surface area contributed by atoms with E-state index in [1.165, 1.54) is 18.2 Å². The number of nitro benzene ring substituents is 1. The number of non-ortho nitro benzene ring substituents is 1. The molecular weight excluding hydrogens is 248 g/mol. The molecule has 0 aromatic heterocycles. The minimum absolute atomic E-state index is 0.0779. The van der Waals surface area contributed by atoms with Gasteiger partial charge in [0.2, 0.25) is 0 Å². The molecule has 1 aromatic carbocycles. The molecular formula is C13H14N2O4. The van der Waals surface area contributed by atoms with Crippen LogP contribution in [0.25, 0.3) is 0 Å². The normalized spacial score (nSPS) is 13.2. The van der Waals surface area contributed by atoms with Gasteiger partial charge in [-0.05, 0) is 0 Å². The van der Waals surface area contributed by atoms with Gasteiger partial charge in [0.05, 0.1) is 17.1 Å². The number of benzene rings is 1. The van der Waals surface area contributed by atoms with Gasteiger partial charge in [-0.3, -0.25) is 14.9 Å². The third kappa shape index (κ3) is 2.73. The highest BCUT2D eigenvalue weighted by Gasteiger charge is 2.24. The zero-order chi connectivity index (χ0) is 14.0. The van der Waals surface area contributed by atoms with Crippen LogP contribution in [0.1, 0.15) is 15.9 Å². The topological polar surface area (TPSA) is 72.7 Å². The molecule has 1 heterocycles. The lowest BCUT2D eigenvalue weighted by molar-refractivity contribution is -0.384. The summed E-state index contributed by atoms with van der Waals surface area (Å²) in [5, 5.41) is 10.9. The molecule has 0 fully saturated rings. The van der Waals surface area contributed by atoms with Gasteiger partial charge < -0.3 is 9.64 Å². The van der Waals surface area contributed by atoms with E-state index in [1.54, 1.807) is 25.2 Å². The first kappa shape index (κ1) is 13.1. The zero-order valence-corrected chi connectivity index (χ0v) is 10.8. The molecule has 0 saturated carbocycles. The summed E-state index contributed by atoms with van der Waals surface area (Å²) >= 11 is 0. The van der Waals surface area contributed by atoms with Crippen LogP contribution in [-0.4, -0.2) is 36.3 Å². The van der Waals surface area contributed by atoms with Crippen LogP contribution in [-0.2, 0) is 6.42 Å². The molecule has 0 amide bonds. The van der Waals surface area contributed by atoms with E-state index in [2.05, 4.69) is 0 Å². The maximum Gasteiger partial charge on any atom is 0.270 e. The van der Waals surface area contributed by atoms with E-state index in [-0.39, 0.29) is 17.0 Å². The second kappa shape index (κ2) is 5.09. The first-order chi connectivity index (χ1) is 8.99. The lowest BCUT2D eigenvalue weighted by Crippen LogP contribution is -2.05. The average Bonchev–Trinajstić information content (AvgIpc) is 2.82.